The van der Waals surface area contributed by atoms with Crippen LogP contribution in [0.25, 0.3) is 0 Å². The van der Waals surface area contributed by atoms with Crippen molar-refractivity contribution in [2.75, 3.05) is 0 Å². The third-order valence-electron chi connectivity index (χ3n) is 3.15. The molecule has 0 saturated heterocycles. The van der Waals surface area contributed by atoms with Gasteiger partial charge >= 0.3 is 0 Å². The van der Waals surface area contributed by atoms with Crippen LogP contribution in [0.3, 0.4) is 0 Å². The summed E-state index contributed by atoms with van der Waals surface area (Å²) < 4.78 is 0. The van der Waals surface area contributed by atoms with Gasteiger partial charge in [-0.1, -0.05) is 25.1 Å². The van der Waals surface area contributed by atoms with Gasteiger partial charge in [-0.15, -0.1) is 11.3 Å². The highest BCUT2D eigenvalue weighted by molar-refractivity contribution is 7.09. The first-order valence-electron chi connectivity index (χ1n) is 5.62. The van der Waals surface area contributed by atoms with Gasteiger partial charge in [0.1, 0.15) is 0 Å². The van der Waals surface area contributed by atoms with Crippen molar-refractivity contribution in [2.24, 2.45) is 5.92 Å². The molecule has 0 spiro atoms. The lowest BCUT2D eigenvalue weighted by molar-refractivity contribution is 0.0613. The lowest BCUT2D eigenvalue weighted by atomic mass is 9.83. The largest absolute Gasteiger partial charge is 0.386 e. The maximum atomic E-state index is 10.3. The minimum atomic E-state index is -0.545. The van der Waals surface area contributed by atoms with Gasteiger partial charge in [0.05, 0.1) is 5.60 Å². The molecule has 1 aliphatic carbocycles. The minimum absolute atomic E-state index is 0.545. The summed E-state index contributed by atoms with van der Waals surface area (Å²) in [6.07, 6.45) is 8.03. The van der Waals surface area contributed by atoms with Gasteiger partial charge in [0.25, 0.3) is 0 Å². The summed E-state index contributed by atoms with van der Waals surface area (Å²) in [7, 11) is 0. The molecule has 2 rings (SSSR count). The lowest BCUT2D eigenvalue weighted by Gasteiger charge is -2.29. The predicted molar refractivity (Wildman–Crippen MR) is 65.1 cm³/mol. The molecule has 0 saturated carbocycles. The number of aliphatic hydroxyl groups is 1. The monoisotopic (exact) mass is 222 g/mol. The molecule has 0 aliphatic heterocycles. The molecule has 1 aromatic heterocycles. The molecular weight excluding hydrogens is 204 g/mol. The van der Waals surface area contributed by atoms with E-state index in [1.807, 2.05) is 6.08 Å². The lowest BCUT2D eigenvalue weighted by Crippen LogP contribution is -2.29. The highest BCUT2D eigenvalue weighted by atomic mass is 32.1. The summed E-state index contributed by atoms with van der Waals surface area (Å²) in [5, 5.41) is 12.4. The van der Waals surface area contributed by atoms with Crippen molar-refractivity contribution >= 4 is 11.3 Å². The number of hydrogen-bond donors (Lipinski definition) is 1. The Hall–Kier alpha value is -0.600. The van der Waals surface area contributed by atoms with Gasteiger partial charge in [-0.2, -0.15) is 0 Å². The van der Waals surface area contributed by atoms with E-state index in [4.69, 9.17) is 0 Å². The van der Waals surface area contributed by atoms with E-state index in [9.17, 15) is 5.11 Å². The molecule has 1 aromatic rings. The molecule has 2 unspecified atom stereocenters. The second-order valence-corrected chi connectivity index (χ2v) is 5.59. The molecular formula is C13H18OS. The average molecular weight is 222 g/mol. The van der Waals surface area contributed by atoms with Crippen LogP contribution in [0.4, 0.5) is 0 Å². The fourth-order valence-electron chi connectivity index (χ4n) is 2.00. The molecule has 1 aliphatic rings. The van der Waals surface area contributed by atoms with Crippen LogP contribution in [-0.2, 0) is 6.42 Å². The third kappa shape index (κ3) is 2.93. The molecule has 82 valence electrons. The van der Waals surface area contributed by atoms with Crippen LogP contribution in [-0.4, -0.2) is 10.7 Å². The van der Waals surface area contributed by atoms with Gasteiger partial charge < -0.3 is 5.11 Å². The number of allylic oxidation sites excluding steroid dienone is 1. The Bertz CT molecular complexity index is 328. The molecule has 1 N–H and O–H groups in total. The highest BCUT2D eigenvalue weighted by Gasteiger charge is 2.26. The molecule has 2 atom stereocenters. The quantitative estimate of drug-likeness (QED) is 0.777. The van der Waals surface area contributed by atoms with Crippen LogP contribution < -0.4 is 0 Å². The Morgan fingerprint density at radius 3 is 3.07 bits per heavy atom. The minimum Gasteiger partial charge on any atom is -0.386 e. The van der Waals surface area contributed by atoms with Crippen LogP contribution in [0.1, 0.15) is 31.1 Å². The molecule has 0 amide bonds. The topological polar surface area (TPSA) is 20.2 Å². The van der Waals surface area contributed by atoms with Gasteiger partial charge in [0.2, 0.25) is 0 Å². The van der Waals surface area contributed by atoms with Crippen molar-refractivity contribution in [3.8, 4) is 0 Å². The van der Waals surface area contributed by atoms with Gasteiger partial charge in [0.15, 0.2) is 0 Å². The van der Waals surface area contributed by atoms with Crippen molar-refractivity contribution < 1.29 is 5.11 Å². The summed E-state index contributed by atoms with van der Waals surface area (Å²) in [6, 6.07) is 4.21. The molecule has 1 nitrogen and oxygen atoms in total. The van der Waals surface area contributed by atoms with Crippen molar-refractivity contribution in [3.63, 3.8) is 0 Å². The van der Waals surface area contributed by atoms with Gasteiger partial charge in [-0.25, -0.2) is 0 Å². The Morgan fingerprint density at radius 2 is 2.47 bits per heavy atom. The predicted octanol–water partition coefficient (Wildman–Crippen LogP) is 3.40. The van der Waals surface area contributed by atoms with Crippen molar-refractivity contribution in [3.05, 3.63) is 34.5 Å². The zero-order chi connectivity index (χ0) is 10.7. The molecule has 2 heteroatoms. The van der Waals surface area contributed by atoms with Gasteiger partial charge in [-0.3, -0.25) is 0 Å². The Balaban J connectivity index is 1.91. The molecule has 0 aromatic carbocycles. The van der Waals surface area contributed by atoms with E-state index in [-0.39, 0.29) is 0 Å². The van der Waals surface area contributed by atoms with Crippen LogP contribution in [0, 0.1) is 5.92 Å². The van der Waals surface area contributed by atoms with E-state index in [2.05, 4.69) is 30.5 Å². The summed E-state index contributed by atoms with van der Waals surface area (Å²) >= 11 is 1.78. The van der Waals surface area contributed by atoms with E-state index >= 15 is 0 Å². The fourth-order valence-corrected chi connectivity index (χ4v) is 2.71. The Morgan fingerprint density at radius 1 is 1.60 bits per heavy atom. The van der Waals surface area contributed by atoms with E-state index in [1.165, 1.54) is 4.88 Å². The fraction of sp³-hybridized carbons (Fsp3) is 0.538. The summed E-state index contributed by atoms with van der Waals surface area (Å²) in [4.78, 5) is 1.37. The zero-order valence-corrected chi connectivity index (χ0v) is 9.96. The standard InChI is InChI=1S/C13H18OS/c1-11-4-7-13(14,8-5-11)9-6-12-3-2-10-15-12/h2-4,7,10-11,14H,5-6,8-9H2,1H3. The van der Waals surface area contributed by atoms with Crippen molar-refractivity contribution in [2.45, 2.75) is 38.2 Å². The Labute approximate surface area is 95.5 Å². The van der Waals surface area contributed by atoms with E-state index in [0.717, 1.165) is 25.7 Å². The summed E-state index contributed by atoms with van der Waals surface area (Å²) in [5.74, 6) is 0.631. The first-order chi connectivity index (χ1) is 7.18. The molecule has 0 radical (unpaired) electrons. The van der Waals surface area contributed by atoms with Crippen LogP contribution in [0.5, 0.6) is 0 Å². The van der Waals surface area contributed by atoms with Gasteiger partial charge in [0, 0.05) is 4.88 Å². The van der Waals surface area contributed by atoms with Gasteiger partial charge in [-0.05, 0) is 43.0 Å². The van der Waals surface area contributed by atoms with E-state index in [0.29, 0.717) is 5.92 Å². The van der Waals surface area contributed by atoms with E-state index in [1.54, 1.807) is 11.3 Å². The molecule has 15 heavy (non-hydrogen) atoms. The second-order valence-electron chi connectivity index (χ2n) is 4.56. The van der Waals surface area contributed by atoms with Crippen molar-refractivity contribution in [1.29, 1.82) is 0 Å². The summed E-state index contributed by atoms with van der Waals surface area (Å²) in [5.41, 5.74) is -0.545. The highest BCUT2D eigenvalue weighted by Crippen LogP contribution is 2.29. The number of aryl methyl sites for hydroxylation is 1. The molecule has 1 heterocycles. The third-order valence-corrected chi connectivity index (χ3v) is 4.09. The molecule has 0 bridgehead atoms. The number of hydrogen-bond acceptors (Lipinski definition) is 2. The maximum absolute atomic E-state index is 10.3. The smallest absolute Gasteiger partial charge is 0.0831 e. The first-order valence-corrected chi connectivity index (χ1v) is 6.50. The average Bonchev–Trinajstić information content (AvgIpc) is 2.73. The van der Waals surface area contributed by atoms with Crippen LogP contribution >= 0.6 is 11.3 Å². The molecule has 0 fully saturated rings. The van der Waals surface area contributed by atoms with Crippen LogP contribution in [0.2, 0.25) is 0 Å². The van der Waals surface area contributed by atoms with Crippen molar-refractivity contribution in [1.82, 2.24) is 0 Å². The normalized spacial score (nSPS) is 30.7. The summed E-state index contributed by atoms with van der Waals surface area (Å²) in [6.45, 7) is 2.20. The van der Waals surface area contributed by atoms with E-state index < -0.39 is 5.60 Å². The van der Waals surface area contributed by atoms with Crippen LogP contribution in [0.15, 0.2) is 29.7 Å². The SMILES string of the molecule is CC1C=CC(O)(CCc2cccs2)CC1. The first kappa shape index (κ1) is 10.9. The second kappa shape index (κ2) is 4.50. The number of thiophene rings is 1. The number of rotatable bonds is 3. The zero-order valence-electron chi connectivity index (χ0n) is 9.15. The Kier molecular flexibility index (Phi) is 3.27. The maximum Gasteiger partial charge on any atom is 0.0831 e.